The van der Waals surface area contributed by atoms with E-state index in [1.165, 1.54) is 25.0 Å². The van der Waals surface area contributed by atoms with Gasteiger partial charge < -0.3 is 14.4 Å². The topological polar surface area (TPSA) is 129 Å². The van der Waals surface area contributed by atoms with Crippen molar-refractivity contribution in [3.05, 3.63) is 27.2 Å². The van der Waals surface area contributed by atoms with Crippen LogP contribution >= 0.6 is 7.82 Å². The van der Waals surface area contributed by atoms with E-state index >= 15 is 0 Å². The van der Waals surface area contributed by atoms with Crippen molar-refractivity contribution in [2.75, 3.05) is 6.61 Å². The van der Waals surface area contributed by atoms with E-state index in [4.69, 9.17) is 9.79 Å². The molecule has 2 N–H and O–H groups in total. The summed E-state index contributed by atoms with van der Waals surface area (Å²) in [6, 6.07) is 0. The average Bonchev–Trinajstić information content (AvgIpc) is 2.85. The van der Waals surface area contributed by atoms with Crippen LogP contribution in [0, 0.1) is 0 Å². The van der Waals surface area contributed by atoms with Crippen molar-refractivity contribution < 1.29 is 18.9 Å². The highest BCUT2D eigenvalue weighted by molar-refractivity contribution is 7.46. The standard InChI is InChI=1S/C11H17N4O6P/c1-13-9-8(10(16)14(2)11(13)17)15(7-12-9)5-3-4-6-21-22(18,19)20/h7H,3-6H2,1-2H3,(H2,18,19,20). The second kappa shape index (κ2) is 6.17. The minimum absolute atomic E-state index is 0.0760. The maximum Gasteiger partial charge on any atom is 0.469 e. The van der Waals surface area contributed by atoms with Crippen LogP contribution in [-0.4, -0.2) is 35.1 Å². The van der Waals surface area contributed by atoms with E-state index in [0.29, 0.717) is 30.6 Å². The molecular weight excluding hydrogens is 315 g/mol. The molecule has 0 saturated heterocycles. The molecule has 11 heteroatoms. The first-order valence-corrected chi connectivity index (χ1v) is 8.06. The van der Waals surface area contributed by atoms with Crippen LogP contribution in [0.15, 0.2) is 15.9 Å². The highest BCUT2D eigenvalue weighted by atomic mass is 31.2. The fraction of sp³-hybridized carbons (Fsp3) is 0.545. The van der Waals surface area contributed by atoms with Crippen molar-refractivity contribution in [3.8, 4) is 0 Å². The Morgan fingerprint density at radius 2 is 1.91 bits per heavy atom. The average molecular weight is 332 g/mol. The van der Waals surface area contributed by atoms with Crippen LogP contribution in [0.1, 0.15) is 12.8 Å². The number of fused-ring (bicyclic) bond motifs is 1. The maximum absolute atomic E-state index is 12.2. The molecule has 0 bridgehead atoms. The summed E-state index contributed by atoms with van der Waals surface area (Å²) in [5.74, 6) is 0. The van der Waals surface area contributed by atoms with Crippen LogP contribution in [0.4, 0.5) is 0 Å². The summed E-state index contributed by atoms with van der Waals surface area (Å²) in [4.78, 5) is 45.2. The predicted octanol–water partition coefficient (Wildman–Crippen LogP) is -0.677. The van der Waals surface area contributed by atoms with Crippen molar-refractivity contribution >= 4 is 19.0 Å². The first kappa shape index (κ1) is 16.6. The van der Waals surface area contributed by atoms with Gasteiger partial charge in [-0.15, -0.1) is 0 Å². The molecular formula is C11H17N4O6P. The summed E-state index contributed by atoms with van der Waals surface area (Å²) in [6.07, 6.45) is 2.42. The summed E-state index contributed by atoms with van der Waals surface area (Å²) in [7, 11) is -1.51. The van der Waals surface area contributed by atoms with Gasteiger partial charge in [0.15, 0.2) is 11.2 Å². The molecule has 2 aromatic heterocycles. The Labute approximate surface area is 124 Å². The van der Waals surface area contributed by atoms with Gasteiger partial charge in [0, 0.05) is 20.6 Å². The number of aryl methyl sites for hydroxylation is 2. The molecule has 0 aliphatic rings. The first-order chi connectivity index (χ1) is 10.2. The van der Waals surface area contributed by atoms with Gasteiger partial charge in [-0.25, -0.2) is 14.3 Å². The number of phosphoric acid groups is 1. The molecule has 0 saturated carbocycles. The number of hydrogen-bond donors (Lipinski definition) is 2. The minimum Gasteiger partial charge on any atom is -0.325 e. The molecule has 2 rings (SSSR count). The zero-order chi connectivity index (χ0) is 16.5. The van der Waals surface area contributed by atoms with Gasteiger partial charge in [0.2, 0.25) is 0 Å². The van der Waals surface area contributed by atoms with Crippen LogP contribution in [0.25, 0.3) is 11.2 Å². The summed E-state index contributed by atoms with van der Waals surface area (Å²) < 4.78 is 18.8. The molecule has 0 aromatic carbocycles. The van der Waals surface area contributed by atoms with E-state index in [2.05, 4.69) is 9.51 Å². The third-order valence-corrected chi connectivity index (χ3v) is 3.79. The van der Waals surface area contributed by atoms with Gasteiger partial charge in [0.1, 0.15) is 0 Å². The predicted molar refractivity (Wildman–Crippen MR) is 77.4 cm³/mol. The van der Waals surface area contributed by atoms with Crippen LogP contribution in [0.3, 0.4) is 0 Å². The normalized spacial score (nSPS) is 12.2. The summed E-state index contributed by atoms with van der Waals surface area (Å²) in [5.41, 5.74) is -0.250. The summed E-state index contributed by atoms with van der Waals surface area (Å²) >= 11 is 0. The second-order valence-corrected chi connectivity index (χ2v) is 6.09. The van der Waals surface area contributed by atoms with Crippen LogP contribution in [0.2, 0.25) is 0 Å². The molecule has 122 valence electrons. The zero-order valence-electron chi connectivity index (χ0n) is 12.2. The largest absolute Gasteiger partial charge is 0.469 e. The Bertz CT molecular complexity index is 845. The molecule has 0 amide bonds. The van der Waals surface area contributed by atoms with Gasteiger partial charge in [0.05, 0.1) is 12.9 Å². The van der Waals surface area contributed by atoms with Crippen LogP contribution in [0.5, 0.6) is 0 Å². The fourth-order valence-corrected chi connectivity index (χ4v) is 2.50. The number of phosphoric ester groups is 1. The van der Waals surface area contributed by atoms with E-state index < -0.39 is 19.1 Å². The Balaban J connectivity index is 2.15. The van der Waals surface area contributed by atoms with Gasteiger partial charge in [-0.3, -0.25) is 18.5 Å². The lowest BCUT2D eigenvalue weighted by Gasteiger charge is -2.07. The van der Waals surface area contributed by atoms with E-state index in [1.807, 2.05) is 0 Å². The molecule has 0 radical (unpaired) electrons. The molecule has 0 spiro atoms. The third kappa shape index (κ3) is 3.36. The Hall–Kier alpha value is -1.74. The molecule has 2 heterocycles. The number of unbranched alkanes of at least 4 members (excludes halogenated alkanes) is 1. The first-order valence-electron chi connectivity index (χ1n) is 6.53. The quantitative estimate of drug-likeness (QED) is 0.530. The van der Waals surface area contributed by atoms with E-state index in [-0.39, 0.29) is 6.61 Å². The minimum atomic E-state index is -4.44. The monoisotopic (exact) mass is 332 g/mol. The van der Waals surface area contributed by atoms with Gasteiger partial charge in [-0.05, 0) is 12.8 Å². The Kier molecular flexibility index (Phi) is 4.66. The van der Waals surface area contributed by atoms with Crippen molar-refractivity contribution in [2.45, 2.75) is 19.4 Å². The van der Waals surface area contributed by atoms with Gasteiger partial charge in [-0.1, -0.05) is 0 Å². The SMILES string of the molecule is Cn1c(=O)c2c(ncn2CCCCOP(=O)(O)O)n(C)c1=O. The molecule has 0 fully saturated rings. The van der Waals surface area contributed by atoms with E-state index in [0.717, 1.165) is 4.57 Å². The lowest BCUT2D eigenvalue weighted by molar-refractivity contribution is 0.193. The number of nitrogens with zero attached hydrogens (tertiary/aromatic N) is 4. The van der Waals surface area contributed by atoms with Gasteiger partial charge in [-0.2, -0.15) is 0 Å². The summed E-state index contributed by atoms with van der Waals surface area (Å²) in [6.45, 7) is 0.349. The lowest BCUT2D eigenvalue weighted by Crippen LogP contribution is -2.37. The maximum atomic E-state index is 12.2. The number of hydrogen-bond acceptors (Lipinski definition) is 5. The third-order valence-electron chi connectivity index (χ3n) is 3.27. The number of imidazole rings is 1. The van der Waals surface area contributed by atoms with Gasteiger partial charge >= 0.3 is 13.5 Å². The molecule has 0 aliphatic carbocycles. The smallest absolute Gasteiger partial charge is 0.325 e. The zero-order valence-corrected chi connectivity index (χ0v) is 13.1. The molecule has 22 heavy (non-hydrogen) atoms. The summed E-state index contributed by atoms with van der Waals surface area (Å²) in [5, 5.41) is 0. The van der Waals surface area contributed by atoms with Crippen LogP contribution in [-0.2, 0) is 29.7 Å². The number of rotatable bonds is 6. The van der Waals surface area contributed by atoms with Crippen molar-refractivity contribution in [3.63, 3.8) is 0 Å². The Morgan fingerprint density at radius 3 is 2.55 bits per heavy atom. The highest BCUT2D eigenvalue weighted by Crippen LogP contribution is 2.35. The molecule has 2 aromatic rings. The van der Waals surface area contributed by atoms with E-state index in [9.17, 15) is 14.2 Å². The molecule has 0 aliphatic heterocycles. The highest BCUT2D eigenvalue weighted by Gasteiger charge is 2.15. The Morgan fingerprint density at radius 1 is 1.23 bits per heavy atom. The van der Waals surface area contributed by atoms with Crippen molar-refractivity contribution in [2.24, 2.45) is 14.1 Å². The molecule has 0 atom stereocenters. The van der Waals surface area contributed by atoms with E-state index in [1.54, 1.807) is 4.57 Å². The number of aromatic nitrogens is 4. The molecule has 10 nitrogen and oxygen atoms in total. The second-order valence-electron chi connectivity index (χ2n) is 4.85. The molecule has 0 unspecified atom stereocenters. The van der Waals surface area contributed by atoms with Crippen LogP contribution < -0.4 is 11.2 Å². The van der Waals surface area contributed by atoms with Crippen molar-refractivity contribution in [1.29, 1.82) is 0 Å². The lowest BCUT2D eigenvalue weighted by atomic mass is 10.3. The fourth-order valence-electron chi connectivity index (χ4n) is 2.13. The van der Waals surface area contributed by atoms with Gasteiger partial charge in [0.25, 0.3) is 5.56 Å². The van der Waals surface area contributed by atoms with Crippen molar-refractivity contribution in [1.82, 2.24) is 18.7 Å².